The summed E-state index contributed by atoms with van der Waals surface area (Å²) in [5.74, 6) is 0. The number of rotatable bonds is 5. The molecule has 1 heterocycles. The summed E-state index contributed by atoms with van der Waals surface area (Å²) >= 11 is 3.51. The second-order valence-electron chi connectivity index (χ2n) is 4.52. The molecule has 1 fully saturated rings. The van der Waals surface area contributed by atoms with Crippen molar-refractivity contribution in [3.63, 3.8) is 0 Å². The van der Waals surface area contributed by atoms with E-state index in [4.69, 9.17) is 0 Å². The van der Waals surface area contributed by atoms with Crippen LogP contribution in [-0.4, -0.2) is 17.3 Å². The monoisotopic (exact) mass is 276 g/mol. The second-order valence-corrected chi connectivity index (χ2v) is 6.32. The van der Waals surface area contributed by atoms with E-state index in [1.807, 2.05) is 11.6 Å². The average molecular weight is 276 g/mol. The van der Waals surface area contributed by atoms with Gasteiger partial charge >= 0.3 is 0 Å². The van der Waals surface area contributed by atoms with Crippen molar-refractivity contribution in [3.05, 3.63) is 46.4 Å². The van der Waals surface area contributed by atoms with Crippen LogP contribution in [0.1, 0.15) is 29.5 Å². The standard InChI is InChI=1S/C14H16N2S2/c1-17-12-6-2-10(3-7-12)13(16-11-4-5-11)14-15-8-9-18-14/h2-3,6-9,11,13,16H,4-5H2,1H3. The van der Waals surface area contributed by atoms with Gasteiger partial charge in [-0.25, -0.2) is 4.98 Å². The highest BCUT2D eigenvalue weighted by atomic mass is 32.2. The van der Waals surface area contributed by atoms with Gasteiger partial charge in [-0.05, 0) is 36.8 Å². The lowest BCUT2D eigenvalue weighted by Gasteiger charge is -2.17. The maximum absolute atomic E-state index is 4.47. The van der Waals surface area contributed by atoms with Crippen molar-refractivity contribution in [2.45, 2.75) is 29.8 Å². The predicted octanol–water partition coefficient (Wildman–Crippen LogP) is 3.71. The van der Waals surface area contributed by atoms with Crippen LogP contribution >= 0.6 is 23.1 Å². The van der Waals surface area contributed by atoms with Crippen LogP contribution in [-0.2, 0) is 0 Å². The number of aromatic nitrogens is 1. The molecule has 1 aromatic carbocycles. The van der Waals surface area contributed by atoms with Gasteiger partial charge in [0.2, 0.25) is 0 Å². The summed E-state index contributed by atoms with van der Waals surface area (Å²) in [6.07, 6.45) is 6.59. The molecule has 0 aliphatic heterocycles. The molecule has 1 aliphatic carbocycles. The predicted molar refractivity (Wildman–Crippen MR) is 78.3 cm³/mol. The van der Waals surface area contributed by atoms with Gasteiger partial charge in [0.15, 0.2) is 0 Å². The smallest absolute Gasteiger partial charge is 0.114 e. The van der Waals surface area contributed by atoms with Crippen LogP contribution in [0.25, 0.3) is 0 Å². The van der Waals surface area contributed by atoms with Gasteiger partial charge in [0.1, 0.15) is 5.01 Å². The Bertz CT molecular complexity index is 489. The van der Waals surface area contributed by atoms with Crippen LogP contribution in [0.3, 0.4) is 0 Å². The molecule has 3 rings (SSSR count). The zero-order valence-electron chi connectivity index (χ0n) is 10.3. The lowest BCUT2D eigenvalue weighted by Crippen LogP contribution is -2.24. The third kappa shape index (κ3) is 2.76. The molecule has 1 unspecified atom stereocenters. The van der Waals surface area contributed by atoms with Gasteiger partial charge in [-0.2, -0.15) is 0 Å². The van der Waals surface area contributed by atoms with Gasteiger partial charge in [0.25, 0.3) is 0 Å². The topological polar surface area (TPSA) is 24.9 Å². The molecule has 0 radical (unpaired) electrons. The molecule has 2 aromatic rings. The Kier molecular flexibility index (Phi) is 3.68. The Morgan fingerprint density at radius 3 is 2.67 bits per heavy atom. The first-order valence-electron chi connectivity index (χ1n) is 6.16. The molecule has 18 heavy (non-hydrogen) atoms. The van der Waals surface area contributed by atoms with E-state index in [9.17, 15) is 0 Å². The van der Waals surface area contributed by atoms with Crippen LogP contribution in [0.15, 0.2) is 40.7 Å². The summed E-state index contributed by atoms with van der Waals surface area (Å²) in [5.41, 5.74) is 1.31. The Labute approximate surface area is 116 Å². The largest absolute Gasteiger partial charge is 0.301 e. The van der Waals surface area contributed by atoms with E-state index < -0.39 is 0 Å². The maximum Gasteiger partial charge on any atom is 0.114 e. The summed E-state index contributed by atoms with van der Waals surface area (Å²) < 4.78 is 0. The fourth-order valence-corrected chi connectivity index (χ4v) is 3.10. The first-order valence-corrected chi connectivity index (χ1v) is 8.26. The van der Waals surface area contributed by atoms with Crippen molar-refractivity contribution in [2.24, 2.45) is 0 Å². The molecule has 0 saturated heterocycles. The van der Waals surface area contributed by atoms with Gasteiger partial charge in [0, 0.05) is 22.5 Å². The van der Waals surface area contributed by atoms with Crippen LogP contribution in [0.5, 0.6) is 0 Å². The number of hydrogen-bond donors (Lipinski definition) is 1. The van der Waals surface area contributed by atoms with Crippen LogP contribution in [0.4, 0.5) is 0 Å². The van der Waals surface area contributed by atoms with Gasteiger partial charge < -0.3 is 5.32 Å². The Morgan fingerprint density at radius 1 is 1.33 bits per heavy atom. The molecule has 1 saturated carbocycles. The number of hydrogen-bond acceptors (Lipinski definition) is 4. The zero-order chi connectivity index (χ0) is 12.4. The van der Waals surface area contributed by atoms with Crippen molar-refractivity contribution < 1.29 is 0 Å². The van der Waals surface area contributed by atoms with Crippen LogP contribution in [0.2, 0.25) is 0 Å². The second kappa shape index (κ2) is 5.43. The third-order valence-corrected chi connectivity index (χ3v) is 4.71. The number of benzene rings is 1. The van der Waals surface area contributed by atoms with E-state index in [1.165, 1.54) is 28.3 Å². The van der Waals surface area contributed by atoms with E-state index >= 15 is 0 Å². The molecule has 0 amide bonds. The van der Waals surface area contributed by atoms with Crippen LogP contribution in [0, 0.1) is 0 Å². The maximum atomic E-state index is 4.47. The van der Waals surface area contributed by atoms with Gasteiger partial charge in [-0.15, -0.1) is 23.1 Å². The summed E-state index contributed by atoms with van der Waals surface area (Å²) in [6, 6.07) is 9.75. The minimum absolute atomic E-state index is 0.258. The summed E-state index contributed by atoms with van der Waals surface area (Å²) in [5, 5.41) is 6.90. The van der Waals surface area contributed by atoms with E-state index in [-0.39, 0.29) is 6.04 Å². The minimum atomic E-state index is 0.258. The minimum Gasteiger partial charge on any atom is -0.301 e. The van der Waals surface area contributed by atoms with Crippen molar-refractivity contribution in [2.75, 3.05) is 6.26 Å². The molecule has 1 aromatic heterocycles. The third-order valence-electron chi connectivity index (χ3n) is 3.13. The number of nitrogens with one attached hydrogen (secondary N) is 1. The number of thiazole rings is 1. The van der Waals surface area contributed by atoms with E-state index in [2.05, 4.69) is 40.8 Å². The first-order chi connectivity index (χ1) is 8.86. The molecule has 0 bridgehead atoms. The van der Waals surface area contributed by atoms with Crippen molar-refractivity contribution >= 4 is 23.1 Å². The quantitative estimate of drug-likeness (QED) is 0.843. The molecule has 4 heteroatoms. The van der Waals surface area contributed by atoms with Gasteiger partial charge in [-0.1, -0.05) is 12.1 Å². The lowest BCUT2D eigenvalue weighted by atomic mass is 10.1. The van der Waals surface area contributed by atoms with Crippen molar-refractivity contribution in [1.29, 1.82) is 0 Å². The fourth-order valence-electron chi connectivity index (χ4n) is 1.97. The number of nitrogens with zero attached hydrogens (tertiary/aromatic N) is 1. The van der Waals surface area contributed by atoms with E-state index in [0.717, 1.165) is 0 Å². The highest BCUT2D eigenvalue weighted by Crippen LogP contribution is 2.30. The molecular weight excluding hydrogens is 260 g/mol. The van der Waals surface area contributed by atoms with Crippen LogP contribution < -0.4 is 5.32 Å². The first kappa shape index (κ1) is 12.2. The SMILES string of the molecule is CSc1ccc(C(NC2CC2)c2nccs2)cc1. The average Bonchev–Trinajstić information content (AvgIpc) is 3.08. The Hall–Kier alpha value is -0.840. The lowest BCUT2D eigenvalue weighted by molar-refractivity contribution is 0.598. The molecule has 0 spiro atoms. The van der Waals surface area contributed by atoms with Gasteiger partial charge in [-0.3, -0.25) is 0 Å². The van der Waals surface area contributed by atoms with Crippen molar-refractivity contribution in [3.8, 4) is 0 Å². The molecule has 1 atom stereocenters. The van der Waals surface area contributed by atoms with Crippen molar-refractivity contribution in [1.82, 2.24) is 10.3 Å². The highest BCUT2D eigenvalue weighted by Gasteiger charge is 2.27. The normalized spacial score (nSPS) is 16.7. The van der Waals surface area contributed by atoms with Gasteiger partial charge in [0.05, 0.1) is 6.04 Å². The highest BCUT2D eigenvalue weighted by molar-refractivity contribution is 7.98. The van der Waals surface area contributed by atoms with E-state index in [0.29, 0.717) is 6.04 Å². The molecular formula is C14H16N2S2. The number of thioether (sulfide) groups is 1. The summed E-state index contributed by atoms with van der Waals surface area (Å²) in [4.78, 5) is 5.78. The molecule has 94 valence electrons. The zero-order valence-corrected chi connectivity index (χ0v) is 11.9. The van der Waals surface area contributed by atoms with E-state index in [1.54, 1.807) is 23.1 Å². The molecule has 1 N–H and O–H groups in total. The Balaban J connectivity index is 1.86. The summed E-state index contributed by atoms with van der Waals surface area (Å²) in [6.45, 7) is 0. The fraction of sp³-hybridized carbons (Fsp3) is 0.357. The summed E-state index contributed by atoms with van der Waals surface area (Å²) in [7, 11) is 0. The molecule has 2 nitrogen and oxygen atoms in total. The Morgan fingerprint density at radius 2 is 2.11 bits per heavy atom. The molecule has 1 aliphatic rings.